The van der Waals surface area contributed by atoms with Crippen LogP contribution in [0.4, 0.5) is 0 Å². The molecule has 1 aliphatic heterocycles. The lowest BCUT2D eigenvalue weighted by Crippen LogP contribution is -2.40. The number of nitrogens with one attached hydrogen (secondary N) is 2. The Bertz CT molecular complexity index is 576. The van der Waals surface area contributed by atoms with Crippen molar-refractivity contribution >= 4 is 39.8 Å². The fourth-order valence-electron chi connectivity index (χ4n) is 2.37. The number of nitrogens with zero attached hydrogens (tertiary/aromatic N) is 1. The molecule has 1 fully saturated rings. The minimum absolute atomic E-state index is 0. The van der Waals surface area contributed by atoms with E-state index in [1.54, 1.807) is 0 Å². The third-order valence-corrected chi connectivity index (χ3v) is 5.33. The zero-order valence-corrected chi connectivity index (χ0v) is 15.9. The maximum atomic E-state index is 11.4. The standard InChI is InChI=1S/C15H23N3O2S.HI/c1-2-16-15(17-10-13-6-4-3-5-7-13)18-11-14-8-9-21(19,20)12-14;/h3-7,14H,2,8-12H2,1H3,(H2,16,17,18);1H. The van der Waals surface area contributed by atoms with E-state index >= 15 is 0 Å². The highest BCUT2D eigenvalue weighted by Gasteiger charge is 2.27. The first-order valence-corrected chi connectivity index (χ1v) is 9.18. The normalized spacial score (nSPS) is 20.2. The Morgan fingerprint density at radius 1 is 1.27 bits per heavy atom. The van der Waals surface area contributed by atoms with Gasteiger partial charge in [0.2, 0.25) is 0 Å². The van der Waals surface area contributed by atoms with Gasteiger partial charge < -0.3 is 10.6 Å². The maximum Gasteiger partial charge on any atom is 0.191 e. The SMILES string of the molecule is CCNC(=NCc1ccccc1)NCC1CCS(=O)(=O)C1.I. The Kier molecular flexibility index (Phi) is 8.16. The highest BCUT2D eigenvalue weighted by Crippen LogP contribution is 2.17. The van der Waals surface area contributed by atoms with Crippen molar-refractivity contribution < 1.29 is 8.42 Å². The summed E-state index contributed by atoms with van der Waals surface area (Å²) in [6.07, 6.45) is 0.743. The van der Waals surface area contributed by atoms with Gasteiger partial charge in [-0.2, -0.15) is 0 Å². The molecule has 1 unspecified atom stereocenters. The summed E-state index contributed by atoms with van der Waals surface area (Å²) in [6.45, 7) is 4.06. The van der Waals surface area contributed by atoms with Crippen LogP contribution in [0.3, 0.4) is 0 Å². The number of benzene rings is 1. The summed E-state index contributed by atoms with van der Waals surface area (Å²) in [5.74, 6) is 1.54. The van der Waals surface area contributed by atoms with Crippen molar-refractivity contribution in [2.75, 3.05) is 24.6 Å². The minimum Gasteiger partial charge on any atom is -0.357 e. The second-order valence-electron chi connectivity index (χ2n) is 5.33. The van der Waals surface area contributed by atoms with Crippen LogP contribution < -0.4 is 10.6 Å². The monoisotopic (exact) mass is 437 g/mol. The topological polar surface area (TPSA) is 70.6 Å². The third kappa shape index (κ3) is 6.51. The fourth-order valence-corrected chi connectivity index (χ4v) is 4.23. The van der Waals surface area contributed by atoms with Crippen LogP contribution >= 0.6 is 24.0 Å². The number of hydrogen-bond acceptors (Lipinski definition) is 3. The highest BCUT2D eigenvalue weighted by molar-refractivity contribution is 14.0. The molecule has 0 amide bonds. The molecule has 1 aromatic rings. The van der Waals surface area contributed by atoms with Gasteiger partial charge in [0.05, 0.1) is 18.1 Å². The predicted octanol–water partition coefficient (Wildman–Crippen LogP) is 1.79. The molecule has 2 rings (SSSR count). The molecule has 1 aliphatic rings. The Labute approximate surface area is 149 Å². The zero-order chi connectivity index (χ0) is 15.1. The van der Waals surface area contributed by atoms with Crippen molar-refractivity contribution in [2.45, 2.75) is 19.9 Å². The maximum absolute atomic E-state index is 11.4. The molecule has 0 saturated carbocycles. The van der Waals surface area contributed by atoms with Gasteiger partial charge in [-0.15, -0.1) is 24.0 Å². The van der Waals surface area contributed by atoms with E-state index in [1.807, 2.05) is 37.3 Å². The quantitative estimate of drug-likeness (QED) is 0.419. The van der Waals surface area contributed by atoms with Crippen LogP contribution in [-0.4, -0.2) is 39.0 Å². The number of aliphatic imine (C=N–C) groups is 1. The average Bonchev–Trinajstić information content (AvgIpc) is 2.82. The van der Waals surface area contributed by atoms with Crippen LogP contribution in [0.1, 0.15) is 18.9 Å². The Balaban J connectivity index is 0.00000242. The Morgan fingerprint density at radius 2 is 2.00 bits per heavy atom. The minimum atomic E-state index is -2.81. The molecule has 1 heterocycles. The summed E-state index contributed by atoms with van der Waals surface area (Å²) in [7, 11) is -2.81. The lowest BCUT2D eigenvalue weighted by atomic mass is 10.1. The molecule has 1 atom stereocenters. The molecule has 0 radical (unpaired) electrons. The summed E-state index contributed by atoms with van der Waals surface area (Å²) in [4.78, 5) is 4.53. The summed E-state index contributed by atoms with van der Waals surface area (Å²) in [6, 6.07) is 10.0. The molecule has 7 heteroatoms. The lowest BCUT2D eigenvalue weighted by Gasteiger charge is -2.14. The first kappa shape index (κ1) is 19.2. The second kappa shape index (κ2) is 9.34. The fraction of sp³-hybridized carbons (Fsp3) is 0.533. The number of guanidine groups is 1. The van der Waals surface area contributed by atoms with Crippen LogP contribution in [0.2, 0.25) is 0 Å². The van der Waals surface area contributed by atoms with Crippen molar-refractivity contribution in [3.05, 3.63) is 35.9 Å². The molecule has 1 aromatic carbocycles. The average molecular weight is 437 g/mol. The van der Waals surface area contributed by atoms with Crippen molar-refractivity contribution in [3.8, 4) is 0 Å². The molecule has 5 nitrogen and oxygen atoms in total. The second-order valence-corrected chi connectivity index (χ2v) is 7.56. The summed E-state index contributed by atoms with van der Waals surface area (Å²) >= 11 is 0. The van der Waals surface area contributed by atoms with E-state index in [4.69, 9.17) is 0 Å². The number of hydrogen-bond donors (Lipinski definition) is 2. The molecule has 0 aromatic heterocycles. The molecule has 0 spiro atoms. The molecule has 0 bridgehead atoms. The van der Waals surface area contributed by atoms with E-state index in [2.05, 4.69) is 15.6 Å². The van der Waals surface area contributed by atoms with E-state index in [-0.39, 0.29) is 35.6 Å². The van der Waals surface area contributed by atoms with Gasteiger partial charge in [0.25, 0.3) is 0 Å². The molecular weight excluding hydrogens is 413 g/mol. The number of rotatable bonds is 5. The van der Waals surface area contributed by atoms with Crippen LogP contribution in [0.5, 0.6) is 0 Å². The summed E-state index contributed by atoms with van der Waals surface area (Å²) < 4.78 is 22.9. The van der Waals surface area contributed by atoms with E-state index < -0.39 is 9.84 Å². The third-order valence-electron chi connectivity index (χ3n) is 3.49. The van der Waals surface area contributed by atoms with Crippen LogP contribution in [-0.2, 0) is 16.4 Å². The summed E-state index contributed by atoms with van der Waals surface area (Å²) in [5.41, 5.74) is 1.15. The number of halogens is 1. The van der Waals surface area contributed by atoms with E-state index in [9.17, 15) is 8.42 Å². The Morgan fingerprint density at radius 3 is 2.59 bits per heavy atom. The number of sulfone groups is 1. The Hall–Kier alpha value is -0.830. The van der Waals surface area contributed by atoms with Gasteiger partial charge >= 0.3 is 0 Å². The molecule has 22 heavy (non-hydrogen) atoms. The zero-order valence-electron chi connectivity index (χ0n) is 12.8. The van der Waals surface area contributed by atoms with Crippen molar-refractivity contribution in [2.24, 2.45) is 10.9 Å². The van der Waals surface area contributed by atoms with Crippen molar-refractivity contribution in [1.82, 2.24) is 10.6 Å². The lowest BCUT2D eigenvalue weighted by molar-refractivity contribution is 0.567. The first-order chi connectivity index (χ1) is 10.1. The highest BCUT2D eigenvalue weighted by atomic mass is 127. The van der Waals surface area contributed by atoms with E-state index in [0.29, 0.717) is 18.8 Å². The molecule has 0 aliphatic carbocycles. The van der Waals surface area contributed by atoms with Gasteiger partial charge in [0, 0.05) is 13.1 Å². The van der Waals surface area contributed by atoms with Gasteiger partial charge in [-0.05, 0) is 24.8 Å². The predicted molar refractivity (Wildman–Crippen MR) is 101 cm³/mol. The van der Waals surface area contributed by atoms with Gasteiger partial charge in [0.1, 0.15) is 0 Å². The largest absolute Gasteiger partial charge is 0.357 e. The molecular formula is C15H24IN3O2S. The van der Waals surface area contributed by atoms with E-state index in [0.717, 1.165) is 24.5 Å². The van der Waals surface area contributed by atoms with Gasteiger partial charge in [-0.3, -0.25) is 0 Å². The van der Waals surface area contributed by atoms with Gasteiger partial charge in [-0.1, -0.05) is 30.3 Å². The summed E-state index contributed by atoms with van der Waals surface area (Å²) in [5, 5.41) is 6.43. The van der Waals surface area contributed by atoms with E-state index in [1.165, 1.54) is 0 Å². The first-order valence-electron chi connectivity index (χ1n) is 7.35. The van der Waals surface area contributed by atoms with Crippen molar-refractivity contribution in [1.29, 1.82) is 0 Å². The van der Waals surface area contributed by atoms with Crippen LogP contribution in [0.25, 0.3) is 0 Å². The molecule has 1 saturated heterocycles. The molecule has 2 N–H and O–H groups in total. The van der Waals surface area contributed by atoms with Gasteiger partial charge in [0.15, 0.2) is 15.8 Å². The molecule has 124 valence electrons. The van der Waals surface area contributed by atoms with Crippen LogP contribution in [0, 0.1) is 5.92 Å². The van der Waals surface area contributed by atoms with Crippen LogP contribution in [0.15, 0.2) is 35.3 Å². The van der Waals surface area contributed by atoms with Crippen molar-refractivity contribution in [3.63, 3.8) is 0 Å². The smallest absolute Gasteiger partial charge is 0.191 e. The van der Waals surface area contributed by atoms with Gasteiger partial charge in [-0.25, -0.2) is 13.4 Å².